The van der Waals surface area contributed by atoms with Crippen molar-refractivity contribution in [1.82, 2.24) is 20.9 Å². The minimum atomic E-state index is 0.228. The van der Waals surface area contributed by atoms with Gasteiger partial charge in [-0.05, 0) is 39.0 Å². The van der Waals surface area contributed by atoms with Crippen molar-refractivity contribution in [1.29, 1.82) is 0 Å². The Kier molecular flexibility index (Phi) is 8.24. The van der Waals surface area contributed by atoms with E-state index in [9.17, 15) is 4.79 Å². The predicted molar refractivity (Wildman–Crippen MR) is 111 cm³/mol. The molecule has 0 aromatic heterocycles. The number of amides is 1. The molecule has 1 heterocycles. The maximum atomic E-state index is 12.2. The molecule has 0 spiro atoms. The van der Waals surface area contributed by atoms with Crippen LogP contribution in [-0.2, 0) is 4.79 Å². The SMILES string of the molecule is CCNC(=NCCNC(=O)C1CCCCC1)NC1CCN(C2CCCC2)C1. The van der Waals surface area contributed by atoms with Gasteiger partial charge in [-0.3, -0.25) is 14.7 Å². The summed E-state index contributed by atoms with van der Waals surface area (Å²) in [6.45, 7) is 6.56. The Morgan fingerprint density at radius 3 is 2.48 bits per heavy atom. The predicted octanol–water partition coefficient (Wildman–Crippen LogP) is 2.25. The van der Waals surface area contributed by atoms with E-state index in [0.717, 1.165) is 37.9 Å². The van der Waals surface area contributed by atoms with Gasteiger partial charge in [0.1, 0.15) is 0 Å². The van der Waals surface area contributed by atoms with Crippen LogP contribution in [0, 0.1) is 5.92 Å². The normalized spacial score (nSPS) is 25.7. The van der Waals surface area contributed by atoms with E-state index < -0.39 is 0 Å². The van der Waals surface area contributed by atoms with Gasteiger partial charge in [0.2, 0.25) is 5.91 Å². The van der Waals surface area contributed by atoms with Gasteiger partial charge < -0.3 is 16.0 Å². The van der Waals surface area contributed by atoms with Crippen molar-refractivity contribution in [3.63, 3.8) is 0 Å². The fourth-order valence-corrected chi connectivity index (χ4v) is 4.88. The van der Waals surface area contributed by atoms with Crippen LogP contribution < -0.4 is 16.0 Å². The summed E-state index contributed by atoms with van der Waals surface area (Å²) in [5, 5.41) is 10.0. The maximum Gasteiger partial charge on any atom is 0.223 e. The Morgan fingerprint density at radius 2 is 1.74 bits per heavy atom. The van der Waals surface area contributed by atoms with Gasteiger partial charge in [0.15, 0.2) is 5.96 Å². The Labute approximate surface area is 164 Å². The highest BCUT2D eigenvalue weighted by Crippen LogP contribution is 2.26. The van der Waals surface area contributed by atoms with Crippen LogP contribution in [0.4, 0.5) is 0 Å². The molecule has 0 aromatic rings. The molecule has 154 valence electrons. The number of nitrogens with one attached hydrogen (secondary N) is 3. The highest BCUT2D eigenvalue weighted by molar-refractivity contribution is 5.80. The fraction of sp³-hybridized carbons (Fsp3) is 0.905. The first-order valence-corrected chi connectivity index (χ1v) is 11.3. The molecule has 0 bridgehead atoms. The second kappa shape index (κ2) is 10.9. The molecule has 6 heteroatoms. The summed E-state index contributed by atoms with van der Waals surface area (Å²) in [6, 6.07) is 1.30. The van der Waals surface area contributed by atoms with E-state index in [1.54, 1.807) is 0 Å². The molecule has 27 heavy (non-hydrogen) atoms. The standard InChI is InChI=1S/C21H39N5O/c1-2-22-21(24-14-13-23-20(27)17-8-4-3-5-9-17)25-18-12-15-26(16-18)19-10-6-7-11-19/h17-19H,2-16H2,1H3,(H,23,27)(H2,22,24,25). The highest BCUT2D eigenvalue weighted by atomic mass is 16.1. The lowest BCUT2D eigenvalue weighted by atomic mass is 9.89. The summed E-state index contributed by atoms with van der Waals surface area (Å²) in [7, 11) is 0. The van der Waals surface area contributed by atoms with Crippen LogP contribution >= 0.6 is 0 Å². The van der Waals surface area contributed by atoms with Crippen LogP contribution in [0.25, 0.3) is 0 Å². The van der Waals surface area contributed by atoms with Gasteiger partial charge in [0, 0.05) is 44.2 Å². The van der Waals surface area contributed by atoms with Gasteiger partial charge in [-0.1, -0.05) is 32.1 Å². The van der Waals surface area contributed by atoms with Crippen LogP contribution in [0.5, 0.6) is 0 Å². The van der Waals surface area contributed by atoms with Gasteiger partial charge in [-0.2, -0.15) is 0 Å². The summed E-state index contributed by atoms with van der Waals surface area (Å²) in [6.07, 6.45) is 12.5. The molecule has 0 aromatic carbocycles. The Morgan fingerprint density at radius 1 is 1.00 bits per heavy atom. The van der Waals surface area contributed by atoms with E-state index >= 15 is 0 Å². The number of carbonyl (C=O) groups is 1. The van der Waals surface area contributed by atoms with E-state index in [-0.39, 0.29) is 11.8 Å². The number of hydrogen-bond donors (Lipinski definition) is 3. The summed E-state index contributed by atoms with van der Waals surface area (Å²) in [5.74, 6) is 1.35. The Hall–Kier alpha value is -1.30. The lowest BCUT2D eigenvalue weighted by molar-refractivity contribution is -0.125. The van der Waals surface area contributed by atoms with Crippen molar-refractivity contribution in [2.75, 3.05) is 32.7 Å². The molecule has 6 nitrogen and oxygen atoms in total. The third kappa shape index (κ3) is 6.37. The number of aliphatic imine (C=N–C) groups is 1. The van der Waals surface area contributed by atoms with Crippen molar-refractivity contribution in [3.05, 3.63) is 0 Å². The molecule has 2 aliphatic carbocycles. The molecule has 1 unspecified atom stereocenters. The van der Waals surface area contributed by atoms with E-state index in [2.05, 4.69) is 32.8 Å². The topological polar surface area (TPSA) is 68.8 Å². The van der Waals surface area contributed by atoms with Crippen LogP contribution in [0.1, 0.15) is 71.1 Å². The third-order valence-electron chi connectivity index (χ3n) is 6.40. The molecule has 1 amide bonds. The zero-order chi connectivity index (χ0) is 18.9. The van der Waals surface area contributed by atoms with Crippen LogP contribution in [-0.4, -0.2) is 61.6 Å². The lowest BCUT2D eigenvalue weighted by Gasteiger charge is -2.24. The molecule has 3 rings (SSSR count). The number of carbonyl (C=O) groups excluding carboxylic acids is 1. The summed E-state index contributed by atoms with van der Waals surface area (Å²) in [5.41, 5.74) is 0. The zero-order valence-electron chi connectivity index (χ0n) is 17.1. The van der Waals surface area contributed by atoms with Crippen molar-refractivity contribution >= 4 is 11.9 Å². The molecule has 3 aliphatic rings. The lowest BCUT2D eigenvalue weighted by Crippen LogP contribution is -2.45. The molecule has 2 saturated carbocycles. The molecule has 1 saturated heterocycles. The van der Waals surface area contributed by atoms with Gasteiger partial charge in [-0.15, -0.1) is 0 Å². The quantitative estimate of drug-likeness (QED) is 0.362. The summed E-state index contributed by atoms with van der Waals surface area (Å²) < 4.78 is 0. The molecular formula is C21H39N5O. The minimum Gasteiger partial charge on any atom is -0.357 e. The Balaban J connectivity index is 1.38. The first-order valence-electron chi connectivity index (χ1n) is 11.3. The first kappa shape index (κ1) is 20.4. The number of guanidine groups is 1. The number of rotatable bonds is 7. The van der Waals surface area contributed by atoms with Crippen molar-refractivity contribution < 1.29 is 4.79 Å². The highest BCUT2D eigenvalue weighted by Gasteiger charge is 2.30. The molecule has 3 fully saturated rings. The fourth-order valence-electron chi connectivity index (χ4n) is 4.88. The minimum absolute atomic E-state index is 0.228. The zero-order valence-corrected chi connectivity index (χ0v) is 17.1. The molecular weight excluding hydrogens is 338 g/mol. The molecule has 3 N–H and O–H groups in total. The van der Waals surface area contributed by atoms with Gasteiger partial charge in [0.05, 0.1) is 6.54 Å². The number of nitrogens with zero attached hydrogens (tertiary/aromatic N) is 2. The maximum absolute atomic E-state index is 12.2. The van der Waals surface area contributed by atoms with Gasteiger partial charge in [-0.25, -0.2) is 0 Å². The number of likely N-dealkylation sites (tertiary alicyclic amines) is 1. The van der Waals surface area contributed by atoms with Gasteiger partial charge in [0.25, 0.3) is 0 Å². The van der Waals surface area contributed by atoms with E-state index in [1.165, 1.54) is 57.9 Å². The van der Waals surface area contributed by atoms with Crippen LogP contribution in [0.15, 0.2) is 4.99 Å². The van der Waals surface area contributed by atoms with E-state index in [0.29, 0.717) is 19.1 Å². The monoisotopic (exact) mass is 377 g/mol. The average Bonchev–Trinajstić information content (AvgIpc) is 3.37. The largest absolute Gasteiger partial charge is 0.357 e. The third-order valence-corrected chi connectivity index (χ3v) is 6.40. The van der Waals surface area contributed by atoms with Crippen molar-refractivity contribution in [3.8, 4) is 0 Å². The summed E-state index contributed by atoms with van der Waals surface area (Å²) >= 11 is 0. The second-order valence-electron chi connectivity index (χ2n) is 8.45. The molecule has 0 radical (unpaired) electrons. The first-order chi connectivity index (χ1) is 13.3. The number of hydrogen-bond acceptors (Lipinski definition) is 3. The van der Waals surface area contributed by atoms with Crippen LogP contribution in [0.3, 0.4) is 0 Å². The van der Waals surface area contributed by atoms with Crippen molar-refractivity contribution in [2.45, 2.75) is 83.2 Å². The van der Waals surface area contributed by atoms with Crippen LogP contribution in [0.2, 0.25) is 0 Å². The Bertz CT molecular complexity index is 483. The molecule has 1 atom stereocenters. The smallest absolute Gasteiger partial charge is 0.223 e. The van der Waals surface area contributed by atoms with Gasteiger partial charge >= 0.3 is 0 Å². The summed E-state index contributed by atoms with van der Waals surface area (Å²) in [4.78, 5) is 19.6. The van der Waals surface area contributed by atoms with E-state index in [1.807, 2.05) is 0 Å². The van der Waals surface area contributed by atoms with Crippen molar-refractivity contribution in [2.24, 2.45) is 10.9 Å². The molecule has 1 aliphatic heterocycles. The van der Waals surface area contributed by atoms with E-state index in [4.69, 9.17) is 0 Å². The second-order valence-corrected chi connectivity index (χ2v) is 8.45. The average molecular weight is 378 g/mol.